The molecule has 0 saturated heterocycles. The predicted molar refractivity (Wildman–Crippen MR) is 56.3 cm³/mol. The maximum Gasteiger partial charge on any atom is -0.00460 e. The van der Waals surface area contributed by atoms with Gasteiger partial charge in [0, 0.05) is 0 Å². The summed E-state index contributed by atoms with van der Waals surface area (Å²) in [6.45, 7) is 3.17. The first-order valence-electron chi connectivity index (χ1n) is 5.73. The predicted octanol–water partition coefficient (Wildman–Crippen LogP) is 2.57. The summed E-state index contributed by atoms with van der Waals surface area (Å²) in [6.07, 6.45) is 10.3. The second-order valence-corrected chi connectivity index (χ2v) is 4.73. The Kier molecular flexibility index (Phi) is 2.73. The van der Waals surface area contributed by atoms with E-state index in [4.69, 9.17) is 5.73 Å². The van der Waals surface area contributed by atoms with Gasteiger partial charge in [-0.25, -0.2) is 0 Å². The maximum atomic E-state index is 5.85. The van der Waals surface area contributed by atoms with Crippen LogP contribution in [-0.4, -0.2) is 6.54 Å². The van der Waals surface area contributed by atoms with Gasteiger partial charge in [-0.2, -0.15) is 0 Å². The molecule has 4 unspecified atom stereocenters. The van der Waals surface area contributed by atoms with Crippen molar-refractivity contribution >= 4 is 0 Å². The van der Waals surface area contributed by atoms with E-state index in [0.29, 0.717) is 0 Å². The normalized spacial score (nSPS) is 38.5. The van der Waals surface area contributed by atoms with Gasteiger partial charge in [0.05, 0.1) is 0 Å². The van der Waals surface area contributed by atoms with Gasteiger partial charge >= 0.3 is 0 Å². The molecule has 2 aliphatic carbocycles. The van der Waals surface area contributed by atoms with E-state index >= 15 is 0 Å². The van der Waals surface area contributed by atoms with Gasteiger partial charge in [0.1, 0.15) is 0 Å². The molecule has 0 aromatic carbocycles. The standard InChI is InChI=1S/C12H21N/c1-2-3-11(8-13)12-7-9-4-5-10(12)6-9/h4-5,9-12H,2-3,6-8,13H2,1H3. The molecule has 0 radical (unpaired) electrons. The SMILES string of the molecule is CCCC(CN)C1CC2C=CC1C2. The van der Waals surface area contributed by atoms with Crippen molar-refractivity contribution in [3.05, 3.63) is 12.2 Å². The third-order valence-electron chi connectivity index (χ3n) is 3.90. The van der Waals surface area contributed by atoms with Crippen LogP contribution in [0.25, 0.3) is 0 Å². The molecule has 2 rings (SSSR count). The first-order chi connectivity index (χ1) is 6.35. The van der Waals surface area contributed by atoms with Gasteiger partial charge < -0.3 is 5.73 Å². The Morgan fingerprint density at radius 3 is 2.69 bits per heavy atom. The van der Waals surface area contributed by atoms with E-state index in [-0.39, 0.29) is 0 Å². The van der Waals surface area contributed by atoms with Crippen LogP contribution >= 0.6 is 0 Å². The monoisotopic (exact) mass is 179 g/mol. The number of rotatable bonds is 4. The highest BCUT2D eigenvalue weighted by Crippen LogP contribution is 2.47. The molecule has 1 heteroatoms. The summed E-state index contributed by atoms with van der Waals surface area (Å²) in [5, 5.41) is 0. The minimum Gasteiger partial charge on any atom is -0.330 e. The van der Waals surface area contributed by atoms with Crippen molar-refractivity contribution in [1.82, 2.24) is 0 Å². The molecule has 74 valence electrons. The highest BCUT2D eigenvalue weighted by atomic mass is 14.6. The average molecular weight is 179 g/mol. The minimum absolute atomic E-state index is 0.796. The molecule has 0 heterocycles. The lowest BCUT2D eigenvalue weighted by molar-refractivity contribution is 0.276. The lowest BCUT2D eigenvalue weighted by Crippen LogP contribution is -2.26. The molecule has 1 nitrogen and oxygen atoms in total. The highest BCUT2D eigenvalue weighted by molar-refractivity contribution is 5.11. The number of hydrogen-bond acceptors (Lipinski definition) is 1. The number of hydrogen-bond donors (Lipinski definition) is 1. The molecule has 2 N–H and O–H groups in total. The van der Waals surface area contributed by atoms with Crippen LogP contribution in [0.4, 0.5) is 0 Å². The zero-order chi connectivity index (χ0) is 9.26. The Morgan fingerprint density at radius 2 is 2.23 bits per heavy atom. The fraction of sp³-hybridized carbons (Fsp3) is 0.833. The van der Waals surface area contributed by atoms with E-state index in [2.05, 4.69) is 19.1 Å². The van der Waals surface area contributed by atoms with Crippen LogP contribution in [0, 0.1) is 23.7 Å². The van der Waals surface area contributed by atoms with Gasteiger partial charge in [-0.15, -0.1) is 0 Å². The summed E-state index contributed by atoms with van der Waals surface area (Å²) >= 11 is 0. The molecule has 4 atom stereocenters. The maximum absolute atomic E-state index is 5.85. The fourth-order valence-corrected chi connectivity index (χ4v) is 3.24. The topological polar surface area (TPSA) is 26.0 Å². The highest BCUT2D eigenvalue weighted by Gasteiger charge is 2.38. The zero-order valence-corrected chi connectivity index (χ0v) is 8.58. The van der Waals surface area contributed by atoms with Crippen molar-refractivity contribution < 1.29 is 0 Å². The molecule has 13 heavy (non-hydrogen) atoms. The third kappa shape index (κ3) is 1.67. The smallest absolute Gasteiger partial charge is 0.00460 e. The van der Waals surface area contributed by atoms with Crippen LogP contribution in [0.15, 0.2) is 12.2 Å². The lowest BCUT2D eigenvalue weighted by Gasteiger charge is -2.27. The summed E-state index contributed by atoms with van der Waals surface area (Å²) in [4.78, 5) is 0. The second kappa shape index (κ2) is 3.83. The van der Waals surface area contributed by atoms with E-state index in [1.807, 2.05) is 0 Å². The summed E-state index contributed by atoms with van der Waals surface area (Å²) < 4.78 is 0. The van der Waals surface area contributed by atoms with Crippen molar-refractivity contribution in [2.45, 2.75) is 32.6 Å². The first kappa shape index (κ1) is 9.26. The van der Waals surface area contributed by atoms with E-state index in [9.17, 15) is 0 Å². The minimum atomic E-state index is 0.796. The molecule has 1 fully saturated rings. The fourth-order valence-electron chi connectivity index (χ4n) is 3.24. The third-order valence-corrected chi connectivity index (χ3v) is 3.90. The Balaban J connectivity index is 1.96. The number of allylic oxidation sites excluding steroid dienone is 2. The lowest BCUT2D eigenvalue weighted by atomic mass is 9.80. The summed E-state index contributed by atoms with van der Waals surface area (Å²) in [5.74, 6) is 3.50. The van der Waals surface area contributed by atoms with Crippen LogP contribution in [0.5, 0.6) is 0 Å². The van der Waals surface area contributed by atoms with Gasteiger partial charge in [0.25, 0.3) is 0 Å². The molecule has 0 amide bonds. The number of fused-ring (bicyclic) bond motifs is 2. The molecule has 0 spiro atoms. The molecule has 1 saturated carbocycles. The van der Waals surface area contributed by atoms with Crippen molar-refractivity contribution in [3.63, 3.8) is 0 Å². The van der Waals surface area contributed by atoms with Crippen LogP contribution in [-0.2, 0) is 0 Å². The summed E-state index contributed by atoms with van der Waals surface area (Å²) in [7, 11) is 0. The number of nitrogens with two attached hydrogens (primary N) is 1. The van der Waals surface area contributed by atoms with E-state index in [1.54, 1.807) is 0 Å². The van der Waals surface area contributed by atoms with Crippen LogP contribution in [0.3, 0.4) is 0 Å². The molecule has 0 aliphatic heterocycles. The van der Waals surface area contributed by atoms with Gasteiger partial charge in [0.15, 0.2) is 0 Å². The summed E-state index contributed by atoms with van der Waals surface area (Å²) in [5.41, 5.74) is 5.85. The Hall–Kier alpha value is -0.300. The van der Waals surface area contributed by atoms with Gasteiger partial charge in [-0.3, -0.25) is 0 Å². The van der Waals surface area contributed by atoms with Crippen molar-refractivity contribution in [2.24, 2.45) is 29.4 Å². The van der Waals surface area contributed by atoms with Crippen molar-refractivity contribution in [1.29, 1.82) is 0 Å². The van der Waals surface area contributed by atoms with Gasteiger partial charge in [0.2, 0.25) is 0 Å². The van der Waals surface area contributed by atoms with E-state index in [1.165, 1.54) is 25.7 Å². The molecule has 0 aromatic rings. The Labute approximate surface area is 81.4 Å². The van der Waals surface area contributed by atoms with Crippen LogP contribution in [0.2, 0.25) is 0 Å². The van der Waals surface area contributed by atoms with Gasteiger partial charge in [-0.05, 0) is 49.5 Å². The van der Waals surface area contributed by atoms with Crippen molar-refractivity contribution in [3.8, 4) is 0 Å². The van der Waals surface area contributed by atoms with E-state index < -0.39 is 0 Å². The van der Waals surface area contributed by atoms with E-state index in [0.717, 1.165) is 30.2 Å². The average Bonchev–Trinajstić information content (AvgIpc) is 2.74. The van der Waals surface area contributed by atoms with Gasteiger partial charge in [-0.1, -0.05) is 25.5 Å². The van der Waals surface area contributed by atoms with Crippen LogP contribution < -0.4 is 5.73 Å². The largest absolute Gasteiger partial charge is 0.330 e. The molecular formula is C12H21N. The quantitative estimate of drug-likeness (QED) is 0.659. The zero-order valence-electron chi connectivity index (χ0n) is 8.58. The second-order valence-electron chi connectivity index (χ2n) is 4.73. The van der Waals surface area contributed by atoms with Crippen molar-refractivity contribution in [2.75, 3.05) is 6.54 Å². The molecule has 0 aromatic heterocycles. The first-order valence-corrected chi connectivity index (χ1v) is 5.73. The molecular weight excluding hydrogens is 158 g/mol. The Morgan fingerprint density at radius 1 is 1.38 bits per heavy atom. The molecule has 2 aliphatic rings. The summed E-state index contributed by atoms with van der Waals surface area (Å²) in [6, 6.07) is 0. The Bertz CT molecular complexity index is 197. The molecule has 2 bridgehead atoms. The van der Waals surface area contributed by atoms with Crippen LogP contribution in [0.1, 0.15) is 32.6 Å².